The molecular weight excluding hydrogens is 358 g/mol. The predicted molar refractivity (Wildman–Crippen MR) is 97.4 cm³/mol. The molecule has 1 amide bonds. The van der Waals surface area contributed by atoms with Crippen LogP contribution in [0.2, 0.25) is 0 Å². The molecule has 138 valence electrons. The van der Waals surface area contributed by atoms with E-state index in [0.717, 1.165) is 22.0 Å². The van der Waals surface area contributed by atoms with Crippen LogP contribution in [0.4, 0.5) is 11.4 Å². The van der Waals surface area contributed by atoms with Crippen LogP contribution < -0.4 is 10.0 Å². The first-order valence-electron chi connectivity index (χ1n) is 7.79. The van der Waals surface area contributed by atoms with Crippen molar-refractivity contribution in [1.82, 2.24) is 0 Å². The number of carbonyl (C=O) groups is 1. The molecule has 2 aromatic carbocycles. The zero-order chi connectivity index (χ0) is 19.5. The van der Waals surface area contributed by atoms with Gasteiger partial charge in [-0.15, -0.1) is 0 Å². The Morgan fingerprint density at radius 1 is 1.15 bits per heavy atom. The van der Waals surface area contributed by atoms with Crippen molar-refractivity contribution in [3.8, 4) is 0 Å². The Hall–Kier alpha value is -2.94. The van der Waals surface area contributed by atoms with Crippen LogP contribution in [0.5, 0.6) is 0 Å². The first kappa shape index (κ1) is 19.4. The average molecular weight is 377 g/mol. The molecule has 2 aromatic rings. The quantitative estimate of drug-likeness (QED) is 0.586. The van der Waals surface area contributed by atoms with E-state index in [9.17, 15) is 23.3 Å². The van der Waals surface area contributed by atoms with Gasteiger partial charge >= 0.3 is 0 Å². The number of benzene rings is 2. The molecule has 0 saturated carbocycles. The number of nitro benzene ring substituents is 1. The van der Waals surface area contributed by atoms with Gasteiger partial charge in [0, 0.05) is 6.07 Å². The number of nitrogens with two attached hydrogens (primary N) is 1. The molecule has 2 N–H and O–H groups in total. The molecule has 0 aliphatic heterocycles. The van der Waals surface area contributed by atoms with Crippen LogP contribution in [0.15, 0.2) is 53.4 Å². The smallest absolute Gasteiger partial charge is 0.289 e. The van der Waals surface area contributed by atoms with Gasteiger partial charge in [0.25, 0.3) is 15.7 Å². The summed E-state index contributed by atoms with van der Waals surface area (Å²) in [5.74, 6) is -0.638. The predicted octanol–water partition coefficient (Wildman–Crippen LogP) is 2.40. The fourth-order valence-electron chi connectivity index (χ4n) is 2.43. The molecule has 2 rings (SSSR count). The summed E-state index contributed by atoms with van der Waals surface area (Å²) >= 11 is 0. The first-order valence-corrected chi connectivity index (χ1v) is 9.23. The highest BCUT2D eigenvalue weighted by molar-refractivity contribution is 7.93. The molecule has 0 saturated heterocycles. The average Bonchev–Trinajstić information content (AvgIpc) is 2.59. The van der Waals surface area contributed by atoms with Gasteiger partial charge in [0.2, 0.25) is 5.91 Å². The summed E-state index contributed by atoms with van der Waals surface area (Å²) in [5.41, 5.74) is 5.82. The monoisotopic (exact) mass is 377 g/mol. The van der Waals surface area contributed by atoms with E-state index in [2.05, 4.69) is 0 Å². The van der Waals surface area contributed by atoms with E-state index < -0.39 is 38.0 Å². The molecule has 0 fully saturated rings. The van der Waals surface area contributed by atoms with Crippen molar-refractivity contribution in [1.29, 1.82) is 0 Å². The Kier molecular flexibility index (Phi) is 5.61. The van der Waals surface area contributed by atoms with Crippen molar-refractivity contribution >= 4 is 27.3 Å². The molecule has 0 bridgehead atoms. The van der Waals surface area contributed by atoms with Crippen LogP contribution in [0.25, 0.3) is 0 Å². The number of amides is 1. The number of rotatable bonds is 7. The summed E-state index contributed by atoms with van der Waals surface area (Å²) in [5, 5.41) is 11.2. The fourth-order valence-corrected chi connectivity index (χ4v) is 4.02. The Bertz CT molecular complexity index is 924. The highest BCUT2D eigenvalue weighted by Gasteiger charge is 2.32. The van der Waals surface area contributed by atoms with Gasteiger partial charge < -0.3 is 5.73 Å². The Morgan fingerprint density at radius 3 is 2.23 bits per heavy atom. The molecule has 0 spiro atoms. The van der Waals surface area contributed by atoms with E-state index in [-0.39, 0.29) is 11.6 Å². The zero-order valence-corrected chi connectivity index (χ0v) is 15.1. The van der Waals surface area contributed by atoms with Crippen LogP contribution >= 0.6 is 0 Å². The highest BCUT2D eigenvalue weighted by atomic mass is 32.2. The number of hydrogen-bond acceptors (Lipinski definition) is 5. The molecule has 0 unspecified atom stereocenters. The van der Waals surface area contributed by atoms with Crippen LogP contribution in [0.3, 0.4) is 0 Å². The molecule has 8 nitrogen and oxygen atoms in total. The number of carbonyl (C=O) groups excluding carboxylic acids is 1. The second-order valence-electron chi connectivity index (χ2n) is 5.95. The third-order valence-corrected chi connectivity index (χ3v) is 5.60. The van der Waals surface area contributed by atoms with Crippen molar-refractivity contribution in [2.75, 3.05) is 10.8 Å². The second kappa shape index (κ2) is 7.52. The van der Waals surface area contributed by atoms with E-state index in [0.29, 0.717) is 0 Å². The third-order valence-electron chi connectivity index (χ3n) is 3.78. The number of hydrogen-bond donors (Lipinski definition) is 1. The van der Waals surface area contributed by atoms with Crippen molar-refractivity contribution in [2.45, 2.75) is 24.7 Å². The normalized spacial score (nSPS) is 11.3. The summed E-state index contributed by atoms with van der Waals surface area (Å²) in [7, 11) is -4.37. The van der Waals surface area contributed by atoms with Gasteiger partial charge in [0.05, 0.1) is 10.6 Å². The number of nitro groups is 1. The largest absolute Gasteiger partial charge is 0.368 e. The van der Waals surface area contributed by atoms with E-state index in [4.69, 9.17) is 5.73 Å². The third kappa shape index (κ3) is 3.99. The first-order chi connectivity index (χ1) is 12.1. The van der Waals surface area contributed by atoms with Crippen LogP contribution in [0.1, 0.15) is 25.3 Å². The van der Waals surface area contributed by atoms with E-state index >= 15 is 0 Å². The lowest BCUT2D eigenvalue weighted by Gasteiger charge is -2.23. The van der Waals surface area contributed by atoms with Gasteiger partial charge in [-0.3, -0.25) is 19.2 Å². The molecule has 0 aliphatic carbocycles. The van der Waals surface area contributed by atoms with Crippen molar-refractivity contribution in [2.24, 2.45) is 5.73 Å². The number of primary amides is 1. The minimum absolute atomic E-state index is 0.200. The summed E-state index contributed by atoms with van der Waals surface area (Å²) in [6, 6.07) is 11.5. The molecule has 0 aliphatic rings. The topological polar surface area (TPSA) is 124 Å². The van der Waals surface area contributed by atoms with E-state index in [1.807, 2.05) is 13.8 Å². The van der Waals surface area contributed by atoms with Crippen molar-refractivity contribution in [3.63, 3.8) is 0 Å². The maximum absolute atomic E-state index is 13.0. The Labute approximate surface area is 151 Å². The van der Waals surface area contributed by atoms with Gasteiger partial charge in [0.1, 0.15) is 6.54 Å². The summed E-state index contributed by atoms with van der Waals surface area (Å²) < 4.78 is 26.8. The summed E-state index contributed by atoms with van der Waals surface area (Å²) in [6.45, 7) is 3.34. The lowest BCUT2D eigenvalue weighted by molar-refractivity contribution is -0.387. The molecule has 9 heteroatoms. The van der Waals surface area contributed by atoms with Gasteiger partial charge in [-0.25, -0.2) is 8.42 Å². The van der Waals surface area contributed by atoms with Crippen LogP contribution in [-0.4, -0.2) is 25.8 Å². The molecule has 0 aromatic heterocycles. The second-order valence-corrected chi connectivity index (χ2v) is 7.78. The van der Waals surface area contributed by atoms with Crippen LogP contribution in [0, 0.1) is 10.1 Å². The van der Waals surface area contributed by atoms with Gasteiger partial charge in [-0.2, -0.15) is 0 Å². The van der Waals surface area contributed by atoms with Gasteiger partial charge in [0.15, 0.2) is 4.90 Å². The standard InChI is InChI=1S/C17H19N3O5S/c1-12(2)13-7-9-14(10-8-13)19(11-17(18)21)26(24,25)16-6-4-3-5-15(16)20(22)23/h3-10,12H,11H2,1-2H3,(H2,18,21). The maximum atomic E-state index is 13.0. The molecule has 0 radical (unpaired) electrons. The van der Waals surface area contributed by atoms with Crippen LogP contribution in [-0.2, 0) is 14.8 Å². The van der Waals surface area contributed by atoms with Crippen molar-refractivity contribution < 1.29 is 18.1 Å². The Balaban J connectivity index is 2.59. The minimum Gasteiger partial charge on any atom is -0.368 e. The molecule has 26 heavy (non-hydrogen) atoms. The number of para-hydroxylation sites is 1. The van der Waals surface area contributed by atoms with Gasteiger partial charge in [-0.1, -0.05) is 38.1 Å². The number of anilines is 1. The van der Waals surface area contributed by atoms with E-state index in [1.165, 1.54) is 12.1 Å². The lowest BCUT2D eigenvalue weighted by Crippen LogP contribution is -2.38. The minimum atomic E-state index is -4.37. The van der Waals surface area contributed by atoms with E-state index in [1.54, 1.807) is 24.3 Å². The summed E-state index contributed by atoms with van der Waals surface area (Å²) in [6.07, 6.45) is 0. The molecule has 0 heterocycles. The van der Waals surface area contributed by atoms with Gasteiger partial charge in [-0.05, 0) is 29.7 Å². The fraction of sp³-hybridized carbons (Fsp3) is 0.235. The SMILES string of the molecule is CC(C)c1ccc(N(CC(N)=O)S(=O)(=O)c2ccccc2[N+](=O)[O-])cc1. The van der Waals surface area contributed by atoms with Crippen molar-refractivity contribution in [3.05, 3.63) is 64.2 Å². The Morgan fingerprint density at radius 2 is 1.73 bits per heavy atom. The number of sulfonamides is 1. The zero-order valence-electron chi connectivity index (χ0n) is 14.3. The summed E-state index contributed by atoms with van der Waals surface area (Å²) in [4.78, 5) is 21.4. The maximum Gasteiger partial charge on any atom is 0.289 e. The lowest BCUT2D eigenvalue weighted by atomic mass is 10.0. The molecule has 0 atom stereocenters. The number of nitrogens with zero attached hydrogens (tertiary/aromatic N) is 2. The molecular formula is C17H19N3O5S. The highest BCUT2D eigenvalue weighted by Crippen LogP contribution is 2.30.